The maximum absolute atomic E-state index is 6.19. The second kappa shape index (κ2) is 10.2. The fourth-order valence-corrected chi connectivity index (χ4v) is 4.62. The van der Waals surface area contributed by atoms with Crippen LogP contribution in [0.3, 0.4) is 0 Å². The van der Waals surface area contributed by atoms with Crippen LogP contribution in [-0.4, -0.2) is 17.0 Å². The molecule has 2 aromatic carbocycles. The van der Waals surface area contributed by atoms with E-state index in [0.29, 0.717) is 11.1 Å². The van der Waals surface area contributed by atoms with Gasteiger partial charge in [-0.1, -0.05) is 41.5 Å². The van der Waals surface area contributed by atoms with Crippen molar-refractivity contribution < 1.29 is 4.74 Å². The molecular formula is C27H32N4OS. The summed E-state index contributed by atoms with van der Waals surface area (Å²) in [5, 5.41) is 5.73. The van der Waals surface area contributed by atoms with E-state index in [1.54, 1.807) is 5.57 Å². The smallest absolute Gasteiger partial charge is 0.195 e. The first-order valence-corrected chi connectivity index (χ1v) is 12.4. The molecule has 2 aliphatic rings. The molecule has 0 saturated heterocycles. The third kappa shape index (κ3) is 6.23. The van der Waals surface area contributed by atoms with E-state index >= 15 is 0 Å². The molecule has 0 bridgehead atoms. The zero-order valence-electron chi connectivity index (χ0n) is 19.8. The van der Waals surface area contributed by atoms with E-state index in [1.807, 2.05) is 62.5 Å². The van der Waals surface area contributed by atoms with Crippen molar-refractivity contribution in [1.82, 2.24) is 4.98 Å². The van der Waals surface area contributed by atoms with Gasteiger partial charge in [-0.25, -0.2) is 4.98 Å². The van der Waals surface area contributed by atoms with Gasteiger partial charge in [0.2, 0.25) is 0 Å². The Balaban J connectivity index is 0.000000367. The molecule has 5 nitrogen and oxygen atoms in total. The normalized spacial score (nSPS) is 16.6. The number of hydrogen-bond acceptors (Lipinski definition) is 4. The lowest BCUT2D eigenvalue weighted by Gasteiger charge is -2.12. The Morgan fingerprint density at radius 3 is 2.64 bits per heavy atom. The number of allylic oxidation sites excluding steroid dienone is 2. The van der Waals surface area contributed by atoms with Crippen molar-refractivity contribution in [3.05, 3.63) is 70.6 Å². The molecule has 3 N–H and O–H groups in total. The Bertz CT molecular complexity index is 1180. The summed E-state index contributed by atoms with van der Waals surface area (Å²) in [7, 11) is 0. The van der Waals surface area contributed by atoms with Crippen molar-refractivity contribution in [3.8, 4) is 22.8 Å². The summed E-state index contributed by atoms with van der Waals surface area (Å²) in [5.41, 5.74) is 11.7. The summed E-state index contributed by atoms with van der Waals surface area (Å²) >= 11 is 1.48. The van der Waals surface area contributed by atoms with Gasteiger partial charge < -0.3 is 15.8 Å². The highest BCUT2D eigenvalue weighted by atomic mass is 32.1. The minimum atomic E-state index is 0.129. The molecule has 1 atom stereocenters. The first-order valence-electron chi connectivity index (χ1n) is 11.5. The number of nitrogens with zero attached hydrogens (tertiary/aromatic N) is 2. The first-order chi connectivity index (χ1) is 15.9. The van der Waals surface area contributed by atoms with E-state index in [9.17, 15) is 0 Å². The second-order valence-corrected chi connectivity index (χ2v) is 9.75. The van der Waals surface area contributed by atoms with Gasteiger partial charge in [-0.3, -0.25) is 4.99 Å². The molecule has 172 valence electrons. The van der Waals surface area contributed by atoms with E-state index in [1.165, 1.54) is 36.2 Å². The number of thiazole rings is 1. The molecule has 0 spiro atoms. The van der Waals surface area contributed by atoms with E-state index in [4.69, 9.17) is 10.5 Å². The lowest BCUT2D eigenvalue weighted by molar-refractivity contribution is 0.480. The van der Waals surface area contributed by atoms with Crippen LogP contribution in [0.5, 0.6) is 11.5 Å². The molecule has 0 radical (unpaired) electrons. The molecule has 1 aromatic heterocycles. The fourth-order valence-electron chi connectivity index (χ4n) is 3.91. The Morgan fingerprint density at radius 2 is 2.00 bits per heavy atom. The average Bonchev–Trinajstić information content (AvgIpc) is 3.14. The zero-order valence-corrected chi connectivity index (χ0v) is 20.6. The van der Waals surface area contributed by atoms with E-state index in [2.05, 4.69) is 34.4 Å². The van der Waals surface area contributed by atoms with Gasteiger partial charge in [-0.15, -0.1) is 11.3 Å². The number of hydrogen-bond donors (Lipinski definition) is 2. The van der Waals surface area contributed by atoms with E-state index < -0.39 is 0 Å². The third-order valence-corrected chi connectivity index (χ3v) is 6.38. The van der Waals surface area contributed by atoms with Crippen LogP contribution in [0.1, 0.15) is 44.2 Å². The molecule has 33 heavy (non-hydrogen) atoms. The maximum Gasteiger partial charge on any atom is 0.195 e. The second-order valence-electron chi connectivity index (χ2n) is 8.90. The molecule has 1 saturated carbocycles. The van der Waals surface area contributed by atoms with Gasteiger partial charge in [-0.05, 0) is 76.6 Å². The number of anilines is 1. The number of aromatic nitrogens is 1. The van der Waals surface area contributed by atoms with Crippen LogP contribution >= 0.6 is 11.3 Å². The number of benzene rings is 2. The summed E-state index contributed by atoms with van der Waals surface area (Å²) in [6.45, 7) is 8.07. The summed E-state index contributed by atoms with van der Waals surface area (Å²) < 4.78 is 6.19. The molecule has 1 fully saturated rings. The Labute approximate surface area is 200 Å². The lowest BCUT2D eigenvalue weighted by atomic mass is 10.1. The predicted molar refractivity (Wildman–Crippen MR) is 139 cm³/mol. The largest absolute Gasteiger partial charge is 0.456 e. The number of nitrogens with two attached hydrogens (primary N) is 1. The average molecular weight is 461 g/mol. The van der Waals surface area contributed by atoms with Crippen LogP contribution in [0.15, 0.2) is 64.5 Å². The third-order valence-electron chi connectivity index (χ3n) is 5.62. The quantitative estimate of drug-likeness (QED) is 0.242. The summed E-state index contributed by atoms with van der Waals surface area (Å²) in [4.78, 5) is 8.90. The predicted octanol–water partition coefficient (Wildman–Crippen LogP) is 7.08. The van der Waals surface area contributed by atoms with Crippen LogP contribution in [-0.2, 0) is 0 Å². The minimum Gasteiger partial charge on any atom is -0.456 e. The molecule has 0 aliphatic heterocycles. The molecule has 1 heterocycles. The van der Waals surface area contributed by atoms with Gasteiger partial charge in [0.1, 0.15) is 11.5 Å². The summed E-state index contributed by atoms with van der Waals surface area (Å²) in [6, 6.07) is 14.2. The molecule has 2 aliphatic carbocycles. The molecule has 5 rings (SSSR count). The monoisotopic (exact) mass is 460 g/mol. The van der Waals surface area contributed by atoms with Gasteiger partial charge in [0.15, 0.2) is 11.1 Å². The number of aliphatic imine (C=N–C) groups is 1. The van der Waals surface area contributed by atoms with Crippen molar-refractivity contribution in [2.24, 2.45) is 16.6 Å². The van der Waals surface area contributed by atoms with Crippen LogP contribution in [0.25, 0.3) is 11.3 Å². The van der Waals surface area contributed by atoms with Crippen LogP contribution in [0.2, 0.25) is 0 Å². The molecule has 6 heteroatoms. The Morgan fingerprint density at radius 1 is 1.18 bits per heavy atom. The molecule has 0 amide bonds. The zero-order chi connectivity index (χ0) is 23.4. The number of guanidine groups is 1. The van der Waals surface area contributed by atoms with Gasteiger partial charge >= 0.3 is 0 Å². The molecule has 1 unspecified atom stereocenters. The summed E-state index contributed by atoms with van der Waals surface area (Å²) in [6.07, 6.45) is 6.68. The maximum atomic E-state index is 6.19. The first kappa shape index (κ1) is 23.1. The van der Waals surface area contributed by atoms with Crippen LogP contribution < -0.4 is 15.8 Å². The SMILES string of the molecule is C1=C2CC2CC1.Cc1ccc(Oc2ccccc2-c2csc(NC(N)=NC(C)C)n2)c(C)c1. The van der Waals surface area contributed by atoms with Gasteiger partial charge in [0, 0.05) is 17.0 Å². The van der Waals surface area contributed by atoms with Crippen molar-refractivity contribution in [1.29, 1.82) is 0 Å². The number of aryl methyl sites for hydroxylation is 2. The van der Waals surface area contributed by atoms with Crippen molar-refractivity contribution in [2.45, 2.75) is 53.0 Å². The highest BCUT2D eigenvalue weighted by molar-refractivity contribution is 7.14. The number of para-hydroxylation sites is 1. The highest BCUT2D eigenvalue weighted by Gasteiger charge is 2.31. The van der Waals surface area contributed by atoms with Crippen LogP contribution in [0.4, 0.5) is 5.13 Å². The Kier molecular flexibility index (Phi) is 7.14. The lowest BCUT2D eigenvalue weighted by Crippen LogP contribution is -2.23. The van der Waals surface area contributed by atoms with Crippen molar-refractivity contribution >= 4 is 22.4 Å². The van der Waals surface area contributed by atoms with Gasteiger partial charge in [0.25, 0.3) is 0 Å². The molecular weight excluding hydrogens is 428 g/mol. The standard InChI is InChI=1S/C21H24N4OS.C6H8/c1-13(2)23-20(22)25-21-24-17(12-27-21)16-7-5-6-8-19(16)26-18-10-9-14(3)11-15(18)4;1-2-5-4-6(5)3-1/h5-13H,1-4H3,(H3,22,23,24,25);2,6H,1,3-4H2. The number of ether oxygens (including phenoxy) is 1. The Hall–Kier alpha value is -3.12. The topological polar surface area (TPSA) is 72.5 Å². The fraction of sp³-hybridized carbons (Fsp3) is 0.333. The number of nitrogens with one attached hydrogen (secondary N) is 1. The summed E-state index contributed by atoms with van der Waals surface area (Å²) in [5.74, 6) is 3.05. The van der Waals surface area contributed by atoms with Gasteiger partial charge in [-0.2, -0.15) is 0 Å². The van der Waals surface area contributed by atoms with Crippen LogP contribution in [0, 0.1) is 19.8 Å². The minimum absolute atomic E-state index is 0.129. The number of fused-ring (bicyclic) bond motifs is 1. The van der Waals surface area contributed by atoms with Crippen molar-refractivity contribution in [3.63, 3.8) is 0 Å². The highest BCUT2D eigenvalue weighted by Crippen LogP contribution is 2.46. The van der Waals surface area contributed by atoms with E-state index in [0.717, 1.165) is 34.2 Å². The van der Waals surface area contributed by atoms with E-state index in [-0.39, 0.29) is 6.04 Å². The number of rotatable bonds is 5. The van der Waals surface area contributed by atoms with Gasteiger partial charge in [0.05, 0.1) is 5.69 Å². The molecule has 3 aromatic rings. The van der Waals surface area contributed by atoms with Crippen molar-refractivity contribution in [2.75, 3.05) is 5.32 Å².